The minimum Gasteiger partial charge on any atom is -0.484 e. The van der Waals surface area contributed by atoms with Crippen molar-refractivity contribution in [3.8, 4) is 5.75 Å². The van der Waals surface area contributed by atoms with E-state index in [-0.39, 0.29) is 18.2 Å². The zero-order valence-corrected chi connectivity index (χ0v) is 15.5. The van der Waals surface area contributed by atoms with Gasteiger partial charge in [0.05, 0.1) is 6.04 Å². The predicted octanol–water partition coefficient (Wildman–Crippen LogP) is 4.46. The van der Waals surface area contributed by atoms with Crippen molar-refractivity contribution in [2.75, 3.05) is 13.1 Å². The normalized spacial score (nSPS) is 26.4. The van der Waals surface area contributed by atoms with E-state index >= 15 is 0 Å². The van der Waals surface area contributed by atoms with E-state index in [0.717, 1.165) is 54.3 Å². The summed E-state index contributed by atoms with van der Waals surface area (Å²) in [7, 11) is 0. The van der Waals surface area contributed by atoms with Crippen LogP contribution in [0.15, 0.2) is 42.5 Å². The molecule has 3 nitrogen and oxygen atoms in total. The minimum atomic E-state index is -0.0844. The van der Waals surface area contributed by atoms with Gasteiger partial charge in [-0.25, -0.2) is 0 Å². The molecule has 1 heterocycles. The van der Waals surface area contributed by atoms with E-state index in [9.17, 15) is 0 Å². The van der Waals surface area contributed by atoms with E-state index in [1.165, 1.54) is 0 Å². The quantitative estimate of drug-likeness (QED) is 0.858. The Morgan fingerprint density at radius 1 is 1.12 bits per heavy atom. The second kappa shape index (κ2) is 7.16. The standard InChI is InChI=1S/C20H22Cl2N2O/c21-13-9-17-16(18(22)10-13)11-19(24-8-4-5-14(23)12-24)20(17)25-15-6-2-1-3-7-15/h1-3,6-7,9-10,14,19-20H,4-5,8,11-12,23H2/t14?,19-,20-/m1/s1. The third kappa shape index (κ3) is 3.52. The molecule has 0 saturated carbocycles. The average Bonchev–Trinajstić information content (AvgIpc) is 2.95. The van der Waals surface area contributed by atoms with E-state index in [2.05, 4.69) is 4.90 Å². The van der Waals surface area contributed by atoms with Crippen molar-refractivity contribution in [2.45, 2.75) is 37.5 Å². The van der Waals surface area contributed by atoms with Crippen LogP contribution < -0.4 is 10.5 Å². The maximum Gasteiger partial charge on any atom is 0.140 e. The van der Waals surface area contributed by atoms with E-state index in [0.29, 0.717) is 5.02 Å². The molecular formula is C20H22Cl2N2O. The van der Waals surface area contributed by atoms with Crippen LogP contribution in [0.4, 0.5) is 0 Å². The monoisotopic (exact) mass is 376 g/mol. The van der Waals surface area contributed by atoms with E-state index < -0.39 is 0 Å². The Morgan fingerprint density at radius 3 is 2.68 bits per heavy atom. The first-order valence-corrected chi connectivity index (χ1v) is 9.56. The first kappa shape index (κ1) is 17.2. The molecule has 3 atom stereocenters. The molecule has 2 aromatic rings. The van der Waals surface area contributed by atoms with Gasteiger partial charge in [-0.2, -0.15) is 0 Å². The zero-order valence-electron chi connectivity index (χ0n) is 14.0. The Bertz CT molecular complexity index is 753. The van der Waals surface area contributed by atoms with Crippen molar-refractivity contribution >= 4 is 23.2 Å². The second-order valence-corrected chi connectivity index (χ2v) is 7.82. The summed E-state index contributed by atoms with van der Waals surface area (Å²) < 4.78 is 6.41. The maximum atomic E-state index is 6.49. The third-order valence-corrected chi connectivity index (χ3v) is 5.78. The summed E-state index contributed by atoms with van der Waals surface area (Å²) >= 11 is 12.8. The number of likely N-dealkylation sites (tertiary alicyclic amines) is 1. The zero-order chi connectivity index (χ0) is 17.4. The Kier molecular flexibility index (Phi) is 4.92. The van der Waals surface area contributed by atoms with Gasteiger partial charge >= 0.3 is 0 Å². The molecule has 25 heavy (non-hydrogen) atoms. The van der Waals surface area contributed by atoms with Crippen LogP contribution in [0.5, 0.6) is 5.75 Å². The summed E-state index contributed by atoms with van der Waals surface area (Å²) in [4.78, 5) is 2.46. The Balaban J connectivity index is 1.69. The molecule has 0 radical (unpaired) electrons. The van der Waals surface area contributed by atoms with Gasteiger partial charge in [-0.05, 0) is 55.6 Å². The maximum absolute atomic E-state index is 6.49. The Hall–Kier alpha value is -1.26. The van der Waals surface area contributed by atoms with Gasteiger partial charge < -0.3 is 10.5 Å². The predicted molar refractivity (Wildman–Crippen MR) is 103 cm³/mol. The number of ether oxygens (including phenoxy) is 1. The SMILES string of the molecule is NC1CCCN([C@@H]2Cc3c(Cl)cc(Cl)cc3[C@H]2Oc2ccccc2)C1. The molecule has 2 aliphatic rings. The number of piperidine rings is 1. The molecule has 0 aromatic heterocycles. The van der Waals surface area contributed by atoms with Gasteiger partial charge in [0.25, 0.3) is 0 Å². The van der Waals surface area contributed by atoms with Crippen LogP contribution >= 0.6 is 23.2 Å². The van der Waals surface area contributed by atoms with Crippen molar-refractivity contribution < 1.29 is 4.74 Å². The molecule has 2 N–H and O–H groups in total. The van der Waals surface area contributed by atoms with Crippen molar-refractivity contribution in [1.29, 1.82) is 0 Å². The number of benzene rings is 2. The molecule has 1 saturated heterocycles. The number of nitrogens with two attached hydrogens (primary N) is 1. The minimum absolute atomic E-state index is 0.0844. The van der Waals surface area contributed by atoms with Crippen LogP contribution in [-0.4, -0.2) is 30.1 Å². The fraction of sp³-hybridized carbons (Fsp3) is 0.400. The van der Waals surface area contributed by atoms with Crippen LogP contribution in [-0.2, 0) is 6.42 Å². The van der Waals surface area contributed by atoms with Crippen LogP contribution in [0.25, 0.3) is 0 Å². The fourth-order valence-corrected chi connectivity index (χ4v) is 4.65. The summed E-state index contributed by atoms with van der Waals surface area (Å²) in [5.74, 6) is 0.864. The van der Waals surface area contributed by atoms with Gasteiger partial charge in [0.2, 0.25) is 0 Å². The first-order valence-electron chi connectivity index (χ1n) is 8.81. The molecule has 5 heteroatoms. The summed E-state index contributed by atoms with van der Waals surface area (Å²) in [6.07, 6.45) is 3.00. The fourth-order valence-electron chi connectivity index (χ4n) is 4.07. The Morgan fingerprint density at radius 2 is 1.92 bits per heavy atom. The molecule has 1 aliphatic carbocycles. The van der Waals surface area contributed by atoms with E-state index in [1.54, 1.807) is 0 Å². The average molecular weight is 377 g/mol. The number of nitrogens with zero attached hydrogens (tertiary/aromatic N) is 1. The van der Waals surface area contributed by atoms with Gasteiger partial charge in [0.15, 0.2) is 0 Å². The van der Waals surface area contributed by atoms with Gasteiger partial charge in [-0.3, -0.25) is 4.90 Å². The molecule has 1 fully saturated rings. The topological polar surface area (TPSA) is 38.5 Å². The molecule has 0 spiro atoms. The van der Waals surface area contributed by atoms with Gasteiger partial charge in [0, 0.05) is 28.2 Å². The first-order chi connectivity index (χ1) is 12.1. The lowest BCUT2D eigenvalue weighted by Gasteiger charge is -2.38. The number of rotatable bonds is 3. The summed E-state index contributed by atoms with van der Waals surface area (Å²) in [6.45, 7) is 1.95. The summed E-state index contributed by atoms with van der Waals surface area (Å²) in [5, 5.41) is 1.38. The molecule has 132 valence electrons. The number of halogens is 2. The number of para-hydroxylation sites is 1. The molecular weight excluding hydrogens is 355 g/mol. The van der Waals surface area contributed by atoms with Crippen molar-refractivity contribution in [3.05, 3.63) is 63.6 Å². The number of hydrogen-bond acceptors (Lipinski definition) is 3. The van der Waals surface area contributed by atoms with E-state index in [4.69, 9.17) is 33.7 Å². The van der Waals surface area contributed by atoms with Crippen molar-refractivity contribution in [2.24, 2.45) is 5.73 Å². The highest BCUT2D eigenvalue weighted by Gasteiger charge is 2.40. The Labute approximate surface area is 158 Å². The molecule has 2 aromatic carbocycles. The second-order valence-electron chi connectivity index (χ2n) is 6.98. The van der Waals surface area contributed by atoms with Gasteiger partial charge in [-0.1, -0.05) is 41.4 Å². The molecule has 0 bridgehead atoms. The highest BCUT2D eigenvalue weighted by atomic mass is 35.5. The lowest BCUT2D eigenvalue weighted by molar-refractivity contribution is 0.0593. The summed E-state index contributed by atoms with van der Waals surface area (Å²) in [6, 6.07) is 14.2. The lowest BCUT2D eigenvalue weighted by atomic mass is 10.0. The van der Waals surface area contributed by atoms with E-state index in [1.807, 2.05) is 42.5 Å². The highest BCUT2D eigenvalue weighted by Crippen LogP contribution is 2.43. The third-order valence-electron chi connectivity index (χ3n) is 5.23. The highest BCUT2D eigenvalue weighted by molar-refractivity contribution is 6.35. The van der Waals surface area contributed by atoms with Crippen molar-refractivity contribution in [1.82, 2.24) is 4.90 Å². The molecule has 1 unspecified atom stereocenters. The lowest BCUT2D eigenvalue weighted by Crippen LogP contribution is -2.49. The van der Waals surface area contributed by atoms with Crippen LogP contribution in [0.1, 0.15) is 30.1 Å². The number of fused-ring (bicyclic) bond motifs is 1. The molecule has 4 rings (SSSR count). The molecule has 1 aliphatic heterocycles. The van der Waals surface area contributed by atoms with Crippen LogP contribution in [0.2, 0.25) is 10.0 Å². The number of hydrogen-bond donors (Lipinski definition) is 1. The summed E-state index contributed by atoms with van der Waals surface area (Å²) in [5.41, 5.74) is 8.47. The van der Waals surface area contributed by atoms with Crippen molar-refractivity contribution in [3.63, 3.8) is 0 Å². The van der Waals surface area contributed by atoms with Gasteiger partial charge in [0.1, 0.15) is 11.9 Å². The molecule has 0 amide bonds. The van der Waals surface area contributed by atoms with Crippen LogP contribution in [0, 0.1) is 0 Å². The smallest absolute Gasteiger partial charge is 0.140 e. The van der Waals surface area contributed by atoms with Crippen LogP contribution in [0.3, 0.4) is 0 Å². The van der Waals surface area contributed by atoms with Gasteiger partial charge in [-0.15, -0.1) is 0 Å². The largest absolute Gasteiger partial charge is 0.484 e.